The molecule has 1 atom stereocenters. The number of cyclic esters (lactones) is 1. The summed E-state index contributed by atoms with van der Waals surface area (Å²) >= 11 is 0. The Balaban J connectivity index is 1.55. The smallest absolute Gasteiger partial charge is 0.417 e. The van der Waals surface area contributed by atoms with Gasteiger partial charge in [-0.3, -0.25) is 14.7 Å². The minimum absolute atomic E-state index is 0.0423. The van der Waals surface area contributed by atoms with Crippen molar-refractivity contribution < 1.29 is 31.9 Å². The normalized spacial score (nSPS) is 19.0. The molecule has 0 aromatic heterocycles. The highest BCUT2D eigenvalue weighted by molar-refractivity contribution is 5.90. The molecule has 0 bridgehead atoms. The SMILES string of the molecule is CC(=O)NC[C@H]1CN(c2ccc(-c3ccc(C=NN4CCN(C)CC4)c(C(F)(F)F)c3)c(F)c2)C(=O)O1. The summed E-state index contributed by atoms with van der Waals surface area (Å²) in [6.45, 7) is 4.30. The summed E-state index contributed by atoms with van der Waals surface area (Å²) in [5.74, 6) is -1.07. The van der Waals surface area contributed by atoms with Crippen LogP contribution in [0.5, 0.6) is 0 Å². The van der Waals surface area contributed by atoms with E-state index < -0.39 is 29.8 Å². The first-order chi connectivity index (χ1) is 17.5. The molecule has 0 spiro atoms. The highest BCUT2D eigenvalue weighted by Gasteiger charge is 2.35. The van der Waals surface area contributed by atoms with Crippen molar-refractivity contribution in [3.05, 3.63) is 53.3 Å². The fraction of sp³-hybridized carbons (Fsp3) is 0.400. The lowest BCUT2D eigenvalue weighted by atomic mass is 9.98. The monoisotopic (exact) mass is 521 g/mol. The van der Waals surface area contributed by atoms with Gasteiger partial charge in [0.2, 0.25) is 5.91 Å². The van der Waals surface area contributed by atoms with Crippen molar-refractivity contribution in [1.82, 2.24) is 15.2 Å². The Morgan fingerprint density at radius 1 is 1.16 bits per heavy atom. The second kappa shape index (κ2) is 10.8. The Kier molecular flexibility index (Phi) is 7.67. The standard InChI is InChI=1S/C25H27F4N5O3/c1-16(35)30-14-20-15-34(24(36)37-20)19-5-6-21(23(26)12-19)17-3-4-18(22(11-17)25(27,28)29)13-31-33-9-7-32(2)8-10-33/h3-6,11-13,20H,7-10,14-15H2,1-2H3,(H,30,35)/t20-/m0/s1. The Morgan fingerprint density at radius 2 is 1.89 bits per heavy atom. The van der Waals surface area contributed by atoms with E-state index >= 15 is 4.39 Å². The largest absolute Gasteiger partial charge is 0.442 e. The Morgan fingerprint density at radius 3 is 2.54 bits per heavy atom. The second-order valence-corrected chi connectivity index (χ2v) is 9.02. The molecule has 8 nitrogen and oxygen atoms in total. The van der Waals surface area contributed by atoms with Gasteiger partial charge in [0.25, 0.3) is 0 Å². The molecule has 2 aromatic carbocycles. The predicted molar refractivity (Wildman–Crippen MR) is 130 cm³/mol. The van der Waals surface area contributed by atoms with Gasteiger partial charge >= 0.3 is 12.3 Å². The number of piperazine rings is 1. The third-order valence-electron chi connectivity index (χ3n) is 6.23. The van der Waals surface area contributed by atoms with E-state index in [1.165, 1.54) is 42.3 Å². The van der Waals surface area contributed by atoms with Crippen LogP contribution in [0, 0.1) is 5.82 Å². The van der Waals surface area contributed by atoms with Gasteiger partial charge < -0.3 is 15.0 Å². The van der Waals surface area contributed by atoms with Gasteiger partial charge in [-0.25, -0.2) is 9.18 Å². The molecule has 37 heavy (non-hydrogen) atoms. The van der Waals surface area contributed by atoms with E-state index in [9.17, 15) is 22.8 Å². The number of nitrogens with zero attached hydrogens (tertiary/aromatic N) is 4. The molecular formula is C25H27F4N5O3. The van der Waals surface area contributed by atoms with Crippen molar-refractivity contribution in [2.75, 3.05) is 51.2 Å². The number of hydrogen-bond acceptors (Lipinski definition) is 6. The molecule has 2 fully saturated rings. The summed E-state index contributed by atoms with van der Waals surface area (Å²) < 4.78 is 61.8. The lowest BCUT2D eigenvalue weighted by Gasteiger charge is -2.30. The van der Waals surface area contributed by atoms with E-state index in [1.54, 1.807) is 5.01 Å². The van der Waals surface area contributed by atoms with Crippen molar-refractivity contribution in [3.8, 4) is 11.1 Å². The third-order valence-corrected chi connectivity index (χ3v) is 6.23. The maximum atomic E-state index is 15.1. The molecule has 4 rings (SSSR count). The van der Waals surface area contributed by atoms with E-state index in [-0.39, 0.29) is 41.4 Å². The highest BCUT2D eigenvalue weighted by Crippen LogP contribution is 2.36. The number of anilines is 1. The van der Waals surface area contributed by atoms with Crippen molar-refractivity contribution in [2.24, 2.45) is 5.10 Å². The Labute approximate surface area is 211 Å². The maximum Gasteiger partial charge on any atom is 0.417 e. The number of rotatable bonds is 6. The fourth-order valence-corrected chi connectivity index (χ4v) is 4.14. The molecule has 0 aliphatic carbocycles. The second-order valence-electron chi connectivity index (χ2n) is 9.02. The van der Waals surface area contributed by atoms with E-state index in [2.05, 4.69) is 15.3 Å². The number of carbonyl (C=O) groups is 2. The molecule has 0 radical (unpaired) electrons. The molecule has 2 saturated heterocycles. The summed E-state index contributed by atoms with van der Waals surface area (Å²) in [7, 11) is 1.97. The van der Waals surface area contributed by atoms with Crippen LogP contribution in [0.1, 0.15) is 18.1 Å². The molecular weight excluding hydrogens is 494 g/mol. The topological polar surface area (TPSA) is 77.5 Å². The van der Waals surface area contributed by atoms with Crippen LogP contribution >= 0.6 is 0 Å². The first-order valence-corrected chi connectivity index (χ1v) is 11.7. The van der Waals surface area contributed by atoms with Gasteiger partial charge in [-0.2, -0.15) is 18.3 Å². The van der Waals surface area contributed by atoms with Crippen LogP contribution in [-0.2, 0) is 15.7 Å². The molecule has 2 heterocycles. The Hall–Kier alpha value is -3.67. The lowest BCUT2D eigenvalue weighted by Crippen LogP contribution is -2.41. The molecule has 0 saturated carbocycles. The number of alkyl halides is 3. The summed E-state index contributed by atoms with van der Waals surface area (Å²) in [6.07, 6.45) is -4.79. The van der Waals surface area contributed by atoms with Crippen molar-refractivity contribution in [1.29, 1.82) is 0 Å². The number of halogens is 4. The van der Waals surface area contributed by atoms with Crippen LogP contribution in [0.2, 0.25) is 0 Å². The van der Waals surface area contributed by atoms with Crippen LogP contribution in [0.4, 0.5) is 28.0 Å². The molecule has 2 amide bonds. The number of likely N-dealkylation sites (N-methyl/N-ethyl adjacent to an activating group) is 1. The summed E-state index contributed by atoms with van der Waals surface area (Å²) in [4.78, 5) is 26.6. The zero-order valence-electron chi connectivity index (χ0n) is 20.4. The average Bonchev–Trinajstić information content (AvgIpc) is 3.22. The van der Waals surface area contributed by atoms with E-state index in [0.29, 0.717) is 13.1 Å². The van der Waals surface area contributed by atoms with Gasteiger partial charge in [-0.15, -0.1) is 0 Å². The van der Waals surface area contributed by atoms with Crippen molar-refractivity contribution in [3.63, 3.8) is 0 Å². The van der Waals surface area contributed by atoms with Crippen molar-refractivity contribution in [2.45, 2.75) is 19.2 Å². The number of carbonyl (C=O) groups excluding carboxylic acids is 2. The zero-order valence-corrected chi connectivity index (χ0v) is 20.4. The first kappa shape index (κ1) is 26.4. The third kappa shape index (κ3) is 6.37. The number of hydrazone groups is 1. The van der Waals surface area contributed by atoms with Gasteiger partial charge in [0.1, 0.15) is 11.9 Å². The minimum Gasteiger partial charge on any atom is -0.442 e. The van der Waals surface area contributed by atoms with Gasteiger partial charge in [0.05, 0.1) is 30.6 Å². The Bertz CT molecular complexity index is 1200. The molecule has 198 valence electrons. The summed E-state index contributed by atoms with van der Waals surface area (Å²) in [6, 6.07) is 7.43. The fourth-order valence-electron chi connectivity index (χ4n) is 4.14. The van der Waals surface area contributed by atoms with Gasteiger partial charge in [0, 0.05) is 44.2 Å². The highest BCUT2D eigenvalue weighted by atomic mass is 19.4. The number of benzene rings is 2. The van der Waals surface area contributed by atoms with E-state index in [0.717, 1.165) is 25.2 Å². The van der Waals surface area contributed by atoms with Gasteiger partial charge in [-0.1, -0.05) is 12.1 Å². The van der Waals surface area contributed by atoms with Crippen LogP contribution in [0.3, 0.4) is 0 Å². The molecule has 2 aliphatic heterocycles. The maximum absolute atomic E-state index is 15.1. The quantitative estimate of drug-likeness (QED) is 0.465. The number of hydrogen-bond donors (Lipinski definition) is 1. The molecule has 1 N–H and O–H groups in total. The summed E-state index contributed by atoms with van der Waals surface area (Å²) in [5.41, 5.74) is -0.837. The predicted octanol–water partition coefficient (Wildman–Crippen LogP) is 3.55. The van der Waals surface area contributed by atoms with Crippen LogP contribution in [-0.4, -0.2) is 80.5 Å². The zero-order chi connectivity index (χ0) is 26.7. The minimum atomic E-state index is -4.67. The van der Waals surface area contributed by atoms with E-state index in [4.69, 9.17) is 4.74 Å². The van der Waals surface area contributed by atoms with E-state index in [1.807, 2.05) is 7.05 Å². The summed E-state index contributed by atoms with van der Waals surface area (Å²) in [5, 5.41) is 8.48. The lowest BCUT2D eigenvalue weighted by molar-refractivity contribution is -0.137. The van der Waals surface area contributed by atoms with Crippen LogP contribution < -0.4 is 10.2 Å². The molecule has 2 aliphatic rings. The molecule has 2 aromatic rings. The number of amides is 2. The molecule has 0 unspecified atom stereocenters. The molecule has 12 heteroatoms. The average molecular weight is 522 g/mol. The number of nitrogens with one attached hydrogen (secondary N) is 1. The number of ether oxygens (including phenoxy) is 1. The van der Waals surface area contributed by atoms with Crippen LogP contribution in [0.15, 0.2) is 41.5 Å². The van der Waals surface area contributed by atoms with Gasteiger partial charge in [-0.05, 0) is 36.9 Å². The van der Waals surface area contributed by atoms with Gasteiger partial charge in [0.15, 0.2) is 0 Å². The van der Waals surface area contributed by atoms with Crippen molar-refractivity contribution >= 4 is 23.9 Å². The van der Waals surface area contributed by atoms with Crippen LogP contribution in [0.25, 0.3) is 11.1 Å². The first-order valence-electron chi connectivity index (χ1n) is 11.7.